The normalized spacial score (nSPS) is 14.1. The molecule has 0 unspecified atom stereocenters. The monoisotopic (exact) mass is 363 g/mol. The van der Waals surface area contributed by atoms with E-state index in [1.807, 2.05) is 13.8 Å². The molecule has 1 saturated heterocycles. The summed E-state index contributed by atoms with van der Waals surface area (Å²) in [5.41, 5.74) is 0.441. The fourth-order valence-corrected chi connectivity index (χ4v) is 2.84. The van der Waals surface area contributed by atoms with E-state index in [1.54, 1.807) is 39.0 Å². The van der Waals surface area contributed by atoms with Crippen molar-refractivity contribution in [3.63, 3.8) is 0 Å². The van der Waals surface area contributed by atoms with Crippen LogP contribution in [0.4, 0.5) is 4.79 Å². The highest BCUT2D eigenvalue weighted by molar-refractivity contribution is 5.94. The van der Waals surface area contributed by atoms with Crippen molar-refractivity contribution in [3.05, 3.63) is 29.8 Å². The Bertz CT molecular complexity index is 652. The van der Waals surface area contributed by atoms with Crippen molar-refractivity contribution in [2.24, 2.45) is 0 Å². The second-order valence-electron chi connectivity index (χ2n) is 5.94. The van der Waals surface area contributed by atoms with Crippen LogP contribution in [0.3, 0.4) is 0 Å². The van der Waals surface area contributed by atoms with E-state index in [4.69, 9.17) is 9.84 Å². The zero-order valence-corrected chi connectivity index (χ0v) is 15.2. The van der Waals surface area contributed by atoms with Crippen molar-refractivity contribution in [1.82, 2.24) is 14.7 Å². The van der Waals surface area contributed by atoms with Crippen LogP contribution in [-0.4, -0.2) is 83.6 Å². The predicted octanol–water partition coefficient (Wildman–Crippen LogP) is 1.37. The van der Waals surface area contributed by atoms with Crippen LogP contribution < -0.4 is 4.74 Å². The van der Waals surface area contributed by atoms with Crippen LogP contribution in [0, 0.1) is 0 Å². The molecule has 1 aliphatic heterocycles. The molecule has 26 heavy (non-hydrogen) atoms. The number of rotatable bonds is 6. The number of aliphatic carboxylic acids is 1. The highest BCUT2D eigenvalue weighted by Gasteiger charge is 2.26. The molecule has 0 spiro atoms. The standard InChI is InChI=1S/C18H25N3O5/c1-3-19(4-2)18(25)21-10-8-20(9-11-21)17(24)14-6-5-7-15(12-14)26-13-16(22)23/h5-7,12H,3-4,8-11,13H2,1-2H3,(H,22,23). The predicted molar refractivity (Wildman–Crippen MR) is 95.4 cm³/mol. The summed E-state index contributed by atoms with van der Waals surface area (Å²) in [5.74, 6) is -0.884. The van der Waals surface area contributed by atoms with Gasteiger partial charge in [-0.1, -0.05) is 6.07 Å². The summed E-state index contributed by atoms with van der Waals surface area (Å²) < 4.78 is 5.12. The number of benzene rings is 1. The smallest absolute Gasteiger partial charge is 0.341 e. The Morgan fingerprint density at radius 2 is 1.69 bits per heavy atom. The number of nitrogens with zero attached hydrogens (tertiary/aromatic N) is 3. The maximum absolute atomic E-state index is 12.7. The van der Waals surface area contributed by atoms with Crippen LogP contribution in [0.2, 0.25) is 0 Å². The van der Waals surface area contributed by atoms with Crippen LogP contribution in [-0.2, 0) is 4.79 Å². The first-order chi connectivity index (χ1) is 12.5. The molecule has 3 amide bonds. The zero-order chi connectivity index (χ0) is 19.1. The molecular weight excluding hydrogens is 338 g/mol. The largest absolute Gasteiger partial charge is 0.482 e. The minimum atomic E-state index is -1.07. The molecule has 0 radical (unpaired) electrons. The van der Waals surface area contributed by atoms with Crippen LogP contribution in [0.25, 0.3) is 0 Å². The van der Waals surface area contributed by atoms with Crippen molar-refractivity contribution < 1.29 is 24.2 Å². The molecule has 1 aromatic carbocycles. The van der Waals surface area contributed by atoms with Crippen LogP contribution >= 0.6 is 0 Å². The Kier molecular flexibility index (Phi) is 6.82. The van der Waals surface area contributed by atoms with Gasteiger partial charge in [-0.2, -0.15) is 0 Å². The SMILES string of the molecule is CCN(CC)C(=O)N1CCN(C(=O)c2cccc(OCC(=O)O)c2)CC1. The summed E-state index contributed by atoms with van der Waals surface area (Å²) in [4.78, 5) is 40.8. The van der Waals surface area contributed by atoms with Crippen LogP contribution in [0.5, 0.6) is 5.75 Å². The van der Waals surface area contributed by atoms with Gasteiger partial charge in [-0.15, -0.1) is 0 Å². The lowest BCUT2D eigenvalue weighted by Gasteiger charge is -2.37. The van der Waals surface area contributed by atoms with Gasteiger partial charge in [-0.3, -0.25) is 4.79 Å². The molecule has 8 heteroatoms. The van der Waals surface area contributed by atoms with Gasteiger partial charge >= 0.3 is 12.0 Å². The third kappa shape index (κ3) is 4.87. The number of carbonyl (C=O) groups excluding carboxylic acids is 2. The van der Waals surface area contributed by atoms with Gasteiger partial charge < -0.3 is 24.5 Å². The Morgan fingerprint density at radius 3 is 2.27 bits per heavy atom. The quantitative estimate of drug-likeness (QED) is 0.824. The molecular formula is C18H25N3O5. The maximum Gasteiger partial charge on any atom is 0.341 e. The van der Waals surface area contributed by atoms with Gasteiger partial charge in [0.15, 0.2) is 6.61 Å². The molecule has 0 bridgehead atoms. The van der Waals surface area contributed by atoms with E-state index in [2.05, 4.69) is 0 Å². The van der Waals surface area contributed by atoms with Gasteiger partial charge in [0, 0.05) is 44.8 Å². The van der Waals surface area contributed by atoms with Gasteiger partial charge in [0.05, 0.1) is 0 Å². The number of carboxylic acids is 1. The van der Waals surface area contributed by atoms with Gasteiger partial charge in [-0.25, -0.2) is 9.59 Å². The van der Waals surface area contributed by atoms with E-state index < -0.39 is 12.6 Å². The second kappa shape index (κ2) is 9.07. The lowest BCUT2D eigenvalue weighted by molar-refractivity contribution is -0.139. The fourth-order valence-electron chi connectivity index (χ4n) is 2.84. The molecule has 0 aliphatic carbocycles. The number of urea groups is 1. The number of hydrogen-bond acceptors (Lipinski definition) is 4. The van der Waals surface area contributed by atoms with Crippen molar-refractivity contribution in [1.29, 1.82) is 0 Å². The Labute approximate surface area is 152 Å². The van der Waals surface area contributed by atoms with E-state index in [0.717, 1.165) is 0 Å². The Hall–Kier alpha value is -2.77. The lowest BCUT2D eigenvalue weighted by Crippen LogP contribution is -2.54. The molecule has 1 fully saturated rings. The van der Waals surface area contributed by atoms with Crippen LogP contribution in [0.1, 0.15) is 24.2 Å². The van der Waals surface area contributed by atoms with E-state index in [1.165, 1.54) is 0 Å². The minimum Gasteiger partial charge on any atom is -0.482 e. The van der Waals surface area contributed by atoms with Crippen molar-refractivity contribution >= 4 is 17.9 Å². The number of carboxylic acid groups (broad SMARTS) is 1. The van der Waals surface area contributed by atoms with Gasteiger partial charge in [-0.05, 0) is 32.0 Å². The minimum absolute atomic E-state index is 0.00571. The maximum atomic E-state index is 12.7. The molecule has 0 saturated carbocycles. The lowest BCUT2D eigenvalue weighted by atomic mass is 10.1. The summed E-state index contributed by atoms with van der Waals surface area (Å²) >= 11 is 0. The molecule has 8 nitrogen and oxygen atoms in total. The molecule has 0 aromatic heterocycles. The molecule has 1 aromatic rings. The molecule has 1 heterocycles. The topological polar surface area (TPSA) is 90.4 Å². The summed E-state index contributed by atoms with van der Waals surface area (Å²) in [7, 11) is 0. The van der Waals surface area contributed by atoms with Gasteiger partial charge in [0.1, 0.15) is 5.75 Å². The van der Waals surface area contributed by atoms with Crippen molar-refractivity contribution in [2.75, 3.05) is 45.9 Å². The molecule has 1 aliphatic rings. The van der Waals surface area contributed by atoms with E-state index in [-0.39, 0.29) is 11.9 Å². The van der Waals surface area contributed by atoms with E-state index >= 15 is 0 Å². The highest BCUT2D eigenvalue weighted by Crippen LogP contribution is 2.16. The third-order valence-corrected chi connectivity index (χ3v) is 4.31. The fraction of sp³-hybridized carbons (Fsp3) is 0.500. The molecule has 1 N–H and O–H groups in total. The number of amides is 3. The van der Waals surface area contributed by atoms with Gasteiger partial charge in [0.25, 0.3) is 5.91 Å². The van der Waals surface area contributed by atoms with E-state index in [9.17, 15) is 14.4 Å². The zero-order valence-electron chi connectivity index (χ0n) is 15.2. The Morgan fingerprint density at radius 1 is 1.08 bits per heavy atom. The first-order valence-corrected chi connectivity index (χ1v) is 8.74. The summed E-state index contributed by atoms with van der Waals surface area (Å²) in [6.45, 7) is 6.69. The van der Waals surface area contributed by atoms with E-state index in [0.29, 0.717) is 50.6 Å². The molecule has 142 valence electrons. The van der Waals surface area contributed by atoms with Gasteiger partial charge in [0.2, 0.25) is 0 Å². The molecule has 0 atom stereocenters. The highest BCUT2D eigenvalue weighted by atomic mass is 16.5. The molecule has 2 rings (SSSR count). The number of hydrogen-bond donors (Lipinski definition) is 1. The van der Waals surface area contributed by atoms with Crippen LogP contribution in [0.15, 0.2) is 24.3 Å². The number of ether oxygens (including phenoxy) is 1. The first-order valence-electron chi connectivity index (χ1n) is 8.74. The average Bonchev–Trinajstić information content (AvgIpc) is 2.67. The summed E-state index contributed by atoms with van der Waals surface area (Å²) in [6, 6.07) is 6.48. The number of carbonyl (C=O) groups is 3. The summed E-state index contributed by atoms with van der Waals surface area (Å²) in [6.07, 6.45) is 0. The summed E-state index contributed by atoms with van der Waals surface area (Å²) in [5, 5.41) is 8.67. The van der Waals surface area contributed by atoms with Crippen molar-refractivity contribution in [3.8, 4) is 5.75 Å². The van der Waals surface area contributed by atoms with Crippen molar-refractivity contribution in [2.45, 2.75) is 13.8 Å². The average molecular weight is 363 g/mol. The third-order valence-electron chi connectivity index (χ3n) is 4.31. The number of piperazine rings is 1. The Balaban J connectivity index is 1.95. The first kappa shape index (κ1) is 19.6. The second-order valence-corrected chi connectivity index (χ2v) is 5.94.